The first-order valence-corrected chi connectivity index (χ1v) is 10.9. The number of carbonyl (C=O) groups is 1. The highest BCUT2D eigenvalue weighted by atomic mass is 32.2. The highest BCUT2D eigenvalue weighted by Gasteiger charge is 2.16. The number of carbonyl (C=O) groups excluding carboxylic acids is 1. The third-order valence-corrected chi connectivity index (χ3v) is 6.25. The van der Waals surface area contributed by atoms with E-state index in [9.17, 15) is 9.59 Å². The summed E-state index contributed by atoms with van der Waals surface area (Å²) in [5.74, 6) is 0.591. The molecule has 2 aromatic carbocycles. The molecule has 5 aromatic rings. The smallest absolute Gasteiger partial charge is 0.262 e. The van der Waals surface area contributed by atoms with E-state index < -0.39 is 0 Å². The Labute approximate surface area is 181 Å². The fourth-order valence-corrected chi connectivity index (χ4v) is 4.53. The van der Waals surface area contributed by atoms with Crippen LogP contribution in [0.5, 0.6) is 0 Å². The summed E-state index contributed by atoms with van der Waals surface area (Å²) < 4.78 is 3.29. The van der Waals surface area contributed by atoms with Crippen molar-refractivity contribution in [2.24, 2.45) is 7.05 Å². The number of aromatic amines is 1. The molecule has 0 saturated carbocycles. The van der Waals surface area contributed by atoms with Crippen LogP contribution in [0, 0.1) is 0 Å². The van der Waals surface area contributed by atoms with Crippen LogP contribution in [-0.4, -0.2) is 42.4 Å². The average molecular weight is 433 g/mol. The number of thioether (sulfide) groups is 1. The summed E-state index contributed by atoms with van der Waals surface area (Å²) in [5, 5.41) is 13.7. The lowest BCUT2D eigenvalue weighted by molar-refractivity contribution is -0.118. The first-order valence-electron chi connectivity index (χ1n) is 9.91. The zero-order valence-corrected chi connectivity index (χ0v) is 17.6. The Morgan fingerprint density at radius 3 is 2.74 bits per heavy atom. The van der Waals surface area contributed by atoms with Crippen LogP contribution in [0.3, 0.4) is 0 Å². The van der Waals surface area contributed by atoms with E-state index in [1.807, 2.05) is 47.0 Å². The number of nitrogens with one attached hydrogen (secondary N) is 2. The standard InChI is InChI=1S/C22H20N6O2S/c1-27-20(30)16-7-3-5-9-18(16)28-21(27)25-26-22(28)31-13-19(29)23-11-10-14-12-24-17-8-4-2-6-15(14)17/h2-9,12,24H,10-11,13H2,1H3,(H,23,29). The average Bonchev–Trinajstić information content (AvgIpc) is 3.41. The van der Waals surface area contributed by atoms with Crippen molar-refractivity contribution in [2.45, 2.75) is 11.6 Å². The number of nitrogens with zero attached hydrogens (tertiary/aromatic N) is 4. The molecule has 0 radical (unpaired) electrons. The van der Waals surface area contributed by atoms with Gasteiger partial charge in [-0.05, 0) is 30.2 Å². The number of benzene rings is 2. The molecule has 0 bridgehead atoms. The summed E-state index contributed by atoms with van der Waals surface area (Å²) in [6.45, 7) is 0.555. The van der Waals surface area contributed by atoms with Gasteiger partial charge in [0.2, 0.25) is 11.7 Å². The van der Waals surface area contributed by atoms with E-state index in [1.54, 1.807) is 13.1 Å². The lowest BCUT2D eigenvalue weighted by Crippen LogP contribution is -2.27. The van der Waals surface area contributed by atoms with E-state index in [0.29, 0.717) is 22.9 Å². The van der Waals surface area contributed by atoms with Crippen molar-refractivity contribution in [1.82, 2.24) is 29.5 Å². The summed E-state index contributed by atoms with van der Waals surface area (Å²) in [6, 6.07) is 15.5. The van der Waals surface area contributed by atoms with Crippen molar-refractivity contribution in [3.8, 4) is 0 Å². The lowest BCUT2D eigenvalue weighted by atomic mass is 10.1. The molecule has 0 aliphatic carbocycles. The minimum absolute atomic E-state index is 0.0734. The van der Waals surface area contributed by atoms with Crippen LogP contribution in [-0.2, 0) is 18.3 Å². The molecule has 2 N–H and O–H groups in total. The third-order valence-electron chi connectivity index (χ3n) is 5.32. The number of hydrogen-bond donors (Lipinski definition) is 2. The monoisotopic (exact) mass is 432 g/mol. The molecule has 156 valence electrons. The minimum atomic E-state index is -0.123. The molecule has 9 heteroatoms. The molecule has 0 aliphatic rings. The Morgan fingerprint density at radius 1 is 1.10 bits per heavy atom. The predicted molar refractivity (Wildman–Crippen MR) is 121 cm³/mol. The maximum atomic E-state index is 12.5. The summed E-state index contributed by atoms with van der Waals surface area (Å²) in [7, 11) is 1.67. The first kappa shape index (κ1) is 19.4. The van der Waals surface area contributed by atoms with Gasteiger partial charge in [-0.3, -0.25) is 18.6 Å². The second-order valence-corrected chi connectivity index (χ2v) is 8.19. The molecular formula is C22H20N6O2S. The quantitative estimate of drug-likeness (QED) is 0.402. The molecule has 0 unspecified atom stereocenters. The molecule has 0 aliphatic heterocycles. The molecule has 5 rings (SSSR count). The van der Waals surface area contributed by atoms with Gasteiger partial charge in [0, 0.05) is 30.7 Å². The maximum absolute atomic E-state index is 12.5. The number of aryl methyl sites for hydroxylation is 1. The molecule has 3 aromatic heterocycles. The fourth-order valence-electron chi connectivity index (χ4n) is 3.76. The largest absolute Gasteiger partial charge is 0.361 e. The highest BCUT2D eigenvalue weighted by molar-refractivity contribution is 7.99. The highest BCUT2D eigenvalue weighted by Crippen LogP contribution is 2.21. The van der Waals surface area contributed by atoms with Gasteiger partial charge in [0.1, 0.15) is 0 Å². The topological polar surface area (TPSA) is 97.1 Å². The number of para-hydroxylation sites is 2. The number of hydrogen-bond acceptors (Lipinski definition) is 5. The summed E-state index contributed by atoms with van der Waals surface area (Å²) in [4.78, 5) is 28.2. The zero-order valence-electron chi connectivity index (χ0n) is 16.8. The van der Waals surface area contributed by atoms with Gasteiger partial charge in [0.25, 0.3) is 5.56 Å². The van der Waals surface area contributed by atoms with E-state index in [0.717, 1.165) is 17.5 Å². The Hall–Kier alpha value is -3.59. The molecule has 0 atom stereocenters. The van der Waals surface area contributed by atoms with Crippen LogP contribution in [0.1, 0.15) is 5.56 Å². The zero-order chi connectivity index (χ0) is 21.4. The Balaban J connectivity index is 1.28. The normalized spacial score (nSPS) is 11.5. The summed E-state index contributed by atoms with van der Waals surface area (Å²) in [5.41, 5.74) is 2.88. The van der Waals surface area contributed by atoms with Crippen molar-refractivity contribution in [3.63, 3.8) is 0 Å². The van der Waals surface area contributed by atoms with Gasteiger partial charge in [-0.1, -0.05) is 42.1 Å². The maximum Gasteiger partial charge on any atom is 0.262 e. The number of H-pyrrole nitrogens is 1. The summed E-state index contributed by atoms with van der Waals surface area (Å²) in [6.07, 6.45) is 2.74. The molecule has 1 amide bonds. The Morgan fingerprint density at radius 2 is 1.87 bits per heavy atom. The second kappa shape index (κ2) is 7.92. The van der Waals surface area contributed by atoms with Gasteiger partial charge in [0.15, 0.2) is 5.16 Å². The Bertz CT molecular complexity index is 1480. The lowest BCUT2D eigenvalue weighted by Gasteiger charge is -2.08. The SMILES string of the molecule is Cn1c(=O)c2ccccc2n2c(SCC(=O)NCCc3c[nH]c4ccccc34)nnc12. The van der Waals surface area contributed by atoms with Crippen LogP contribution in [0.15, 0.2) is 64.7 Å². The number of amides is 1. The molecule has 0 fully saturated rings. The van der Waals surface area contributed by atoms with Crippen LogP contribution >= 0.6 is 11.8 Å². The second-order valence-electron chi connectivity index (χ2n) is 7.25. The van der Waals surface area contributed by atoms with Crippen LogP contribution in [0.2, 0.25) is 0 Å². The van der Waals surface area contributed by atoms with Crippen molar-refractivity contribution >= 4 is 45.3 Å². The van der Waals surface area contributed by atoms with Gasteiger partial charge in [-0.15, -0.1) is 10.2 Å². The number of aromatic nitrogens is 5. The van der Waals surface area contributed by atoms with Crippen LogP contribution in [0.4, 0.5) is 0 Å². The van der Waals surface area contributed by atoms with Crippen molar-refractivity contribution in [3.05, 3.63) is 70.6 Å². The molecule has 3 heterocycles. The van der Waals surface area contributed by atoms with Crippen molar-refractivity contribution < 1.29 is 4.79 Å². The van der Waals surface area contributed by atoms with Gasteiger partial charge in [-0.2, -0.15) is 0 Å². The van der Waals surface area contributed by atoms with Crippen LogP contribution < -0.4 is 10.9 Å². The number of rotatable bonds is 6. The van der Waals surface area contributed by atoms with Crippen molar-refractivity contribution in [2.75, 3.05) is 12.3 Å². The van der Waals surface area contributed by atoms with Crippen LogP contribution in [0.25, 0.3) is 27.6 Å². The fraction of sp³-hybridized carbons (Fsp3) is 0.182. The van der Waals surface area contributed by atoms with E-state index in [4.69, 9.17) is 0 Å². The van der Waals surface area contributed by atoms with Gasteiger partial charge in [0.05, 0.1) is 16.7 Å². The van der Waals surface area contributed by atoms with Gasteiger partial charge in [-0.25, -0.2) is 0 Å². The molecule has 0 spiro atoms. The molecular weight excluding hydrogens is 412 g/mol. The number of fused-ring (bicyclic) bond motifs is 4. The van der Waals surface area contributed by atoms with Gasteiger partial charge >= 0.3 is 0 Å². The predicted octanol–water partition coefficient (Wildman–Crippen LogP) is 2.51. The Kier molecular flexibility index (Phi) is 4.95. The van der Waals surface area contributed by atoms with E-state index >= 15 is 0 Å². The van der Waals surface area contributed by atoms with E-state index in [-0.39, 0.29) is 17.2 Å². The van der Waals surface area contributed by atoms with Gasteiger partial charge < -0.3 is 10.3 Å². The molecule has 31 heavy (non-hydrogen) atoms. The molecule has 0 saturated heterocycles. The summed E-state index contributed by atoms with van der Waals surface area (Å²) >= 11 is 1.30. The van der Waals surface area contributed by atoms with E-state index in [2.05, 4.69) is 26.6 Å². The minimum Gasteiger partial charge on any atom is -0.361 e. The van der Waals surface area contributed by atoms with Crippen molar-refractivity contribution in [1.29, 1.82) is 0 Å². The first-order chi connectivity index (χ1) is 15.1. The van der Waals surface area contributed by atoms with E-state index in [1.165, 1.54) is 27.3 Å². The third kappa shape index (κ3) is 3.46. The molecule has 8 nitrogen and oxygen atoms in total.